The predicted octanol–water partition coefficient (Wildman–Crippen LogP) is 2.10. The van der Waals surface area contributed by atoms with E-state index in [4.69, 9.17) is 9.47 Å². The van der Waals surface area contributed by atoms with Gasteiger partial charge in [0.15, 0.2) is 0 Å². The minimum Gasteiger partial charge on any atom is -0.492 e. The minimum absolute atomic E-state index is 0.0380. The summed E-state index contributed by atoms with van der Waals surface area (Å²) in [5.74, 6) is 0.742. The molecule has 1 saturated heterocycles. The molecule has 5 nitrogen and oxygen atoms in total. The number of hydrogen-bond acceptors (Lipinski definition) is 3. The van der Waals surface area contributed by atoms with Crippen LogP contribution < -0.4 is 4.74 Å². The molecule has 0 bridgehead atoms. The molecule has 1 amide bonds. The second kappa shape index (κ2) is 5.74. The van der Waals surface area contributed by atoms with Crippen LogP contribution in [-0.4, -0.2) is 41.7 Å². The Kier molecular flexibility index (Phi) is 3.58. The molecule has 0 unspecified atom stereocenters. The number of hydrogen-bond donors (Lipinski definition) is 0. The Morgan fingerprint density at radius 3 is 2.87 bits per heavy atom. The summed E-state index contributed by atoms with van der Waals surface area (Å²) in [6.45, 7) is 2.17. The van der Waals surface area contributed by atoms with Gasteiger partial charge >= 0.3 is 0 Å². The number of para-hydroxylation sites is 1. The van der Waals surface area contributed by atoms with Crippen LogP contribution in [0.15, 0.2) is 42.6 Å². The number of amides is 1. The fraction of sp³-hybridized carbons (Fsp3) is 0.389. The van der Waals surface area contributed by atoms with Crippen molar-refractivity contribution in [3.05, 3.63) is 53.9 Å². The zero-order valence-corrected chi connectivity index (χ0v) is 13.1. The Morgan fingerprint density at radius 2 is 2.04 bits per heavy atom. The monoisotopic (exact) mass is 312 g/mol. The maximum absolute atomic E-state index is 13.2. The normalized spacial score (nSPS) is 23.4. The van der Waals surface area contributed by atoms with Gasteiger partial charge in [0, 0.05) is 31.0 Å². The van der Waals surface area contributed by atoms with Crippen molar-refractivity contribution in [3.8, 4) is 5.75 Å². The van der Waals surface area contributed by atoms with Crippen molar-refractivity contribution in [3.63, 3.8) is 0 Å². The smallest absolute Gasteiger partial charge is 0.234 e. The minimum atomic E-state index is -0.216. The number of morpholine rings is 1. The largest absolute Gasteiger partial charge is 0.492 e. The highest BCUT2D eigenvalue weighted by Crippen LogP contribution is 2.36. The Morgan fingerprint density at radius 1 is 1.17 bits per heavy atom. The van der Waals surface area contributed by atoms with E-state index in [1.807, 2.05) is 48.5 Å². The van der Waals surface area contributed by atoms with Gasteiger partial charge in [-0.05, 0) is 18.2 Å². The first kappa shape index (κ1) is 14.3. The van der Waals surface area contributed by atoms with E-state index < -0.39 is 0 Å². The van der Waals surface area contributed by atoms with Crippen LogP contribution in [0.25, 0.3) is 0 Å². The summed E-state index contributed by atoms with van der Waals surface area (Å²) in [7, 11) is 2.00. The number of rotatable bonds is 2. The first-order chi connectivity index (χ1) is 11.3. The number of ether oxygens (including phenoxy) is 2. The van der Waals surface area contributed by atoms with E-state index in [9.17, 15) is 4.79 Å². The Balaban J connectivity index is 1.63. The predicted molar refractivity (Wildman–Crippen MR) is 85.4 cm³/mol. The molecule has 0 spiro atoms. The van der Waals surface area contributed by atoms with E-state index in [1.165, 1.54) is 0 Å². The standard InChI is InChI=1S/C18H20N2O3/c1-19-8-4-6-15(19)16-12-22-10-9-20(16)18(21)14-11-23-17-7-3-2-5-13(14)17/h2-8,14,16H,9-12H2,1H3/t14-,16+/m1/s1. The van der Waals surface area contributed by atoms with Crippen molar-refractivity contribution in [2.45, 2.75) is 12.0 Å². The zero-order chi connectivity index (χ0) is 15.8. The summed E-state index contributed by atoms with van der Waals surface area (Å²) >= 11 is 0. The van der Waals surface area contributed by atoms with Crippen LogP contribution in [0, 0.1) is 0 Å². The molecule has 2 atom stereocenters. The quantitative estimate of drug-likeness (QED) is 0.853. The third-order valence-corrected chi connectivity index (χ3v) is 4.73. The molecule has 0 N–H and O–H groups in total. The molecular weight excluding hydrogens is 292 g/mol. The van der Waals surface area contributed by atoms with Gasteiger partial charge in [-0.1, -0.05) is 18.2 Å². The van der Waals surface area contributed by atoms with E-state index in [-0.39, 0.29) is 17.9 Å². The van der Waals surface area contributed by atoms with Crippen LogP contribution in [-0.2, 0) is 16.6 Å². The highest BCUT2D eigenvalue weighted by atomic mass is 16.5. The van der Waals surface area contributed by atoms with E-state index in [0.29, 0.717) is 26.4 Å². The molecular formula is C18H20N2O3. The van der Waals surface area contributed by atoms with Crippen LogP contribution >= 0.6 is 0 Å². The average molecular weight is 312 g/mol. The molecule has 0 radical (unpaired) electrons. The van der Waals surface area contributed by atoms with E-state index in [0.717, 1.165) is 17.0 Å². The summed E-state index contributed by atoms with van der Waals surface area (Å²) in [4.78, 5) is 15.1. The molecule has 2 aromatic rings. The number of benzene rings is 1. The Labute approximate surface area is 135 Å². The van der Waals surface area contributed by atoms with Gasteiger partial charge in [-0.2, -0.15) is 0 Å². The van der Waals surface area contributed by atoms with Gasteiger partial charge in [0.1, 0.15) is 18.3 Å². The van der Waals surface area contributed by atoms with E-state index in [2.05, 4.69) is 10.6 Å². The first-order valence-corrected chi connectivity index (χ1v) is 7.97. The third kappa shape index (κ3) is 2.41. The van der Waals surface area contributed by atoms with Crippen LogP contribution in [0.4, 0.5) is 0 Å². The molecule has 0 aliphatic carbocycles. The van der Waals surface area contributed by atoms with Gasteiger partial charge in [-0.15, -0.1) is 0 Å². The highest BCUT2D eigenvalue weighted by molar-refractivity contribution is 5.86. The van der Waals surface area contributed by atoms with Gasteiger partial charge < -0.3 is 18.9 Å². The number of fused-ring (bicyclic) bond motifs is 1. The second-order valence-electron chi connectivity index (χ2n) is 6.07. The molecule has 120 valence electrons. The second-order valence-corrected chi connectivity index (χ2v) is 6.07. The number of carbonyl (C=O) groups is 1. The summed E-state index contributed by atoms with van der Waals surface area (Å²) in [5, 5.41) is 0. The molecule has 2 aliphatic rings. The van der Waals surface area contributed by atoms with Crippen LogP contribution in [0.3, 0.4) is 0 Å². The van der Waals surface area contributed by atoms with Crippen molar-refractivity contribution in [1.29, 1.82) is 0 Å². The van der Waals surface area contributed by atoms with Gasteiger partial charge in [-0.3, -0.25) is 4.79 Å². The lowest BCUT2D eigenvalue weighted by Gasteiger charge is -2.37. The molecule has 1 aromatic heterocycles. The topological polar surface area (TPSA) is 43.7 Å². The molecule has 0 saturated carbocycles. The Bertz CT molecular complexity index is 725. The van der Waals surface area contributed by atoms with Crippen molar-refractivity contribution in [1.82, 2.24) is 9.47 Å². The third-order valence-electron chi connectivity index (χ3n) is 4.73. The van der Waals surface area contributed by atoms with Crippen molar-refractivity contribution < 1.29 is 14.3 Å². The fourth-order valence-corrected chi connectivity index (χ4v) is 3.50. The SMILES string of the molecule is Cn1cccc1[C@@H]1COCCN1C(=O)[C@@H]1COc2ccccc21. The van der Waals surface area contributed by atoms with E-state index in [1.54, 1.807) is 0 Å². The molecule has 2 aliphatic heterocycles. The lowest BCUT2D eigenvalue weighted by Crippen LogP contribution is -2.46. The molecule has 1 aromatic carbocycles. The maximum atomic E-state index is 13.2. The summed E-state index contributed by atoms with van der Waals surface area (Å²) in [6.07, 6.45) is 2.00. The molecule has 5 heteroatoms. The molecule has 4 rings (SSSR count). The summed E-state index contributed by atoms with van der Waals surface area (Å²) < 4.78 is 13.4. The number of nitrogens with zero attached hydrogens (tertiary/aromatic N) is 2. The van der Waals surface area contributed by atoms with E-state index >= 15 is 0 Å². The van der Waals surface area contributed by atoms with Crippen LogP contribution in [0.5, 0.6) is 5.75 Å². The molecule has 3 heterocycles. The lowest BCUT2D eigenvalue weighted by molar-refractivity contribution is -0.142. The number of carbonyl (C=O) groups excluding carboxylic acids is 1. The Hall–Kier alpha value is -2.27. The summed E-state index contributed by atoms with van der Waals surface area (Å²) in [6, 6.07) is 11.8. The lowest BCUT2D eigenvalue weighted by atomic mass is 9.98. The van der Waals surface area contributed by atoms with Gasteiger partial charge in [0.25, 0.3) is 0 Å². The van der Waals surface area contributed by atoms with Crippen LogP contribution in [0.2, 0.25) is 0 Å². The van der Waals surface area contributed by atoms with Gasteiger partial charge in [0.2, 0.25) is 5.91 Å². The van der Waals surface area contributed by atoms with Crippen molar-refractivity contribution in [2.24, 2.45) is 7.05 Å². The zero-order valence-electron chi connectivity index (χ0n) is 13.1. The highest BCUT2D eigenvalue weighted by Gasteiger charge is 2.38. The van der Waals surface area contributed by atoms with Crippen molar-refractivity contribution in [2.75, 3.05) is 26.4 Å². The fourth-order valence-electron chi connectivity index (χ4n) is 3.50. The van der Waals surface area contributed by atoms with Crippen LogP contribution in [0.1, 0.15) is 23.2 Å². The van der Waals surface area contributed by atoms with Gasteiger partial charge in [0.05, 0.1) is 19.3 Å². The molecule has 23 heavy (non-hydrogen) atoms. The maximum Gasteiger partial charge on any atom is 0.234 e. The number of aryl methyl sites for hydroxylation is 1. The van der Waals surface area contributed by atoms with Gasteiger partial charge in [-0.25, -0.2) is 0 Å². The summed E-state index contributed by atoms with van der Waals surface area (Å²) in [5.41, 5.74) is 2.10. The van der Waals surface area contributed by atoms with Crippen molar-refractivity contribution >= 4 is 5.91 Å². The first-order valence-electron chi connectivity index (χ1n) is 7.97. The number of aromatic nitrogens is 1. The average Bonchev–Trinajstić information content (AvgIpc) is 3.20. The molecule has 1 fully saturated rings.